The van der Waals surface area contributed by atoms with Gasteiger partial charge < -0.3 is 9.73 Å². The highest BCUT2D eigenvalue weighted by molar-refractivity contribution is 6.09. The monoisotopic (exact) mass is 450 g/mol. The van der Waals surface area contributed by atoms with Gasteiger partial charge >= 0.3 is 0 Å². The van der Waals surface area contributed by atoms with E-state index in [0.29, 0.717) is 41.9 Å². The van der Waals surface area contributed by atoms with Gasteiger partial charge in [-0.1, -0.05) is 18.2 Å². The predicted octanol–water partition coefficient (Wildman–Crippen LogP) is 4.36. The number of benzene rings is 2. The van der Waals surface area contributed by atoms with E-state index < -0.39 is 22.6 Å². The van der Waals surface area contributed by atoms with Crippen LogP contribution in [0.3, 0.4) is 0 Å². The molecule has 168 valence electrons. The molecule has 1 aliphatic rings. The molecular formula is C23H19FN4O5. The lowest BCUT2D eigenvalue weighted by atomic mass is 9.93. The summed E-state index contributed by atoms with van der Waals surface area (Å²) in [5.74, 6) is -1.28. The topological polar surface area (TPSA) is 127 Å². The first kappa shape index (κ1) is 21.9. The normalized spacial score (nSPS) is 13.9. The summed E-state index contributed by atoms with van der Waals surface area (Å²) in [5.41, 5.74) is 4.04. The van der Waals surface area contributed by atoms with Crippen molar-refractivity contribution in [2.45, 2.75) is 26.2 Å². The number of furan rings is 1. The first-order valence-electron chi connectivity index (χ1n) is 10.1. The number of nitrogens with one attached hydrogen (secondary N) is 2. The third-order valence-electron chi connectivity index (χ3n) is 5.26. The van der Waals surface area contributed by atoms with Gasteiger partial charge in [-0.25, -0.2) is 9.82 Å². The van der Waals surface area contributed by atoms with Crippen molar-refractivity contribution in [3.63, 3.8) is 0 Å². The summed E-state index contributed by atoms with van der Waals surface area (Å²) in [7, 11) is 0. The Labute approximate surface area is 187 Å². The number of carbonyl (C=O) groups is 2. The summed E-state index contributed by atoms with van der Waals surface area (Å²) >= 11 is 0. The van der Waals surface area contributed by atoms with Crippen molar-refractivity contribution in [2.75, 3.05) is 5.32 Å². The van der Waals surface area contributed by atoms with Crippen LogP contribution in [0.25, 0.3) is 0 Å². The first-order chi connectivity index (χ1) is 15.8. The maximum absolute atomic E-state index is 13.8. The van der Waals surface area contributed by atoms with Gasteiger partial charge in [0, 0.05) is 35.4 Å². The Morgan fingerprint density at radius 2 is 1.91 bits per heavy atom. The number of nitro groups is 1. The molecule has 2 aromatic carbocycles. The summed E-state index contributed by atoms with van der Waals surface area (Å²) in [4.78, 5) is 35.5. The lowest BCUT2D eigenvalue weighted by molar-refractivity contribution is -0.384. The molecule has 3 aromatic rings. The Morgan fingerprint density at radius 1 is 1.12 bits per heavy atom. The predicted molar refractivity (Wildman–Crippen MR) is 118 cm³/mol. The minimum absolute atomic E-state index is 0.0570. The van der Waals surface area contributed by atoms with Crippen LogP contribution in [0, 0.1) is 22.9 Å². The average Bonchev–Trinajstić information content (AvgIpc) is 3.15. The van der Waals surface area contributed by atoms with Gasteiger partial charge in [0.15, 0.2) is 5.76 Å². The van der Waals surface area contributed by atoms with E-state index in [4.69, 9.17) is 4.42 Å². The largest absolute Gasteiger partial charge is 0.455 e. The zero-order valence-corrected chi connectivity index (χ0v) is 17.6. The van der Waals surface area contributed by atoms with Crippen molar-refractivity contribution in [1.29, 1.82) is 0 Å². The maximum Gasteiger partial charge on any atom is 0.291 e. The van der Waals surface area contributed by atoms with Crippen molar-refractivity contribution in [3.8, 4) is 0 Å². The molecule has 1 heterocycles. The second-order valence-electron chi connectivity index (χ2n) is 7.45. The number of fused-ring (bicyclic) bond motifs is 1. The minimum Gasteiger partial charge on any atom is -0.455 e. The SMILES string of the molecule is Cc1c(C(=O)Nc2cccc([N+](=O)[O-])c2)oc2c1/C(=N/NC(=O)c1ccccc1F)CCC2. The molecule has 1 aromatic heterocycles. The molecule has 0 bridgehead atoms. The standard InChI is InChI=1S/C23H19FN4O5/c1-13-20-18(26-27-22(29)16-8-2-3-9-17(16)24)10-5-11-19(20)33-21(13)23(30)25-14-6-4-7-15(12-14)28(31)32/h2-4,6-9,12H,5,10-11H2,1H3,(H,25,30)(H,27,29)/b26-18+. The van der Waals surface area contributed by atoms with Crippen LogP contribution in [-0.4, -0.2) is 22.4 Å². The van der Waals surface area contributed by atoms with E-state index in [1.54, 1.807) is 13.0 Å². The van der Waals surface area contributed by atoms with E-state index in [0.717, 1.165) is 0 Å². The number of carbonyl (C=O) groups excluding carboxylic acids is 2. The van der Waals surface area contributed by atoms with E-state index >= 15 is 0 Å². The highest BCUT2D eigenvalue weighted by Crippen LogP contribution is 2.30. The zero-order valence-electron chi connectivity index (χ0n) is 17.6. The summed E-state index contributed by atoms with van der Waals surface area (Å²) in [6, 6.07) is 11.2. The number of amides is 2. The van der Waals surface area contributed by atoms with Crippen molar-refractivity contribution < 1.29 is 23.3 Å². The van der Waals surface area contributed by atoms with Gasteiger partial charge in [0.25, 0.3) is 17.5 Å². The highest BCUT2D eigenvalue weighted by Gasteiger charge is 2.28. The molecule has 0 saturated heterocycles. The minimum atomic E-state index is -0.683. The molecular weight excluding hydrogens is 431 g/mol. The van der Waals surface area contributed by atoms with Gasteiger partial charge in [-0.05, 0) is 38.0 Å². The van der Waals surface area contributed by atoms with E-state index in [2.05, 4.69) is 15.8 Å². The molecule has 4 rings (SSSR count). The molecule has 9 nitrogen and oxygen atoms in total. The third-order valence-corrected chi connectivity index (χ3v) is 5.26. The Kier molecular flexibility index (Phi) is 5.99. The number of nitrogens with zero attached hydrogens (tertiary/aromatic N) is 2. The summed E-state index contributed by atoms with van der Waals surface area (Å²) in [6.07, 6.45) is 1.82. The van der Waals surface area contributed by atoms with Crippen LogP contribution in [0.2, 0.25) is 0 Å². The molecule has 33 heavy (non-hydrogen) atoms. The maximum atomic E-state index is 13.8. The summed E-state index contributed by atoms with van der Waals surface area (Å²) in [5, 5.41) is 17.7. The van der Waals surface area contributed by atoms with Crippen molar-refractivity contribution in [1.82, 2.24) is 5.43 Å². The van der Waals surface area contributed by atoms with Gasteiger partial charge in [0.2, 0.25) is 0 Å². The molecule has 0 spiro atoms. The Bertz CT molecular complexity index is 1300. The lowest BCUT2D eigenvalue weighted by Gasteiger charge is -2.13. The molecule has 10 heteroatoms. The lowest BCUT2D eigenvalue weighted by Crippen LogP contribution is -2.23. The number of rotatable bonds is 5. The van der Waals surface area contributed by atoms with Crippen molar-refractivity contribution in [3.05, 3.63) is 92.7 Å². The van der Waals surface area contributed by atoms with Crippen LogP contribution in [0.15, 0.2) is 58.0 Å². The molecule has 1 aliphatic carbocycles. The van der Waals surface area contributed by atoms with E-state index in [-0.39, 0.29) is 22.7 Å². The fraction of sp³-hybridized carbons (Fsp3) is 0.174. The zero-order chi connectivity index (χ0) is 23.5. The fourth-order valence-electron chi connectivity index (χ4n) is 3.71. The number of hydrogen-bond donors (Lipinski definition) is 2. The van der Waals surface area contributed by atoms with Crippen molar-refractivity contribution in [2.24, 2.45) is 5.10 Å². The quantitative estimate of drug-likeness (QED) is 0.441. The van der Waals surface area contributed by atoms with Crippen LogP contribution in [0.4, 0.5) is 15.8 Å². The van der Waals surface area contributed by atoms with Gasteiger partial charge in [-0.2, -0.15) is 5.10 Å². The van der Waals surface area contributed by atoms with E-state index in [1.165, 1.54) is 42.5 Å². The van der Waals surface area contributed by atoms with Crippen LogP contribution in [-0.2, 0) is 6.42 Å². The average molecular weight is 450 g/mol. The highest BCUT2D eigenvalue weighted by atomic mass is 19.1. The Morgan fingerprint density at radius 3 is 2.67 bits per heavy atom. The molecule has 2 N–H and O–H groups in total. The summed E-state index contributed by atoms with van der Waals surface area (Å²) in [6.45, 7) is 1.70. The van der Waals surface area contributed by atoms with Gasteiger partial charge in [-0.15, -0.1) is 0 Å². The summed E-state index contributed by atoms with van der Waals surface area (Å²) < 4.78 is 19.6. The molecule has 0 fully saturated rings. The Balaban J connectivity index is 1.57. The smallest absolute Gasteiger partial charge is 0.291 e. The number of anilines is 1. The molecule has 0 radical (unpaired) electrons. The van der Waals surface area contributed by atoms with Gasteiger partial charge in [-0.3, -0.25) is 19.7 Å². The number of non-ortho nitro benzene ring substituents is 1. The van der Waals surface area contributed by atoms with Crippen LogP contribution in [0.1, 0.15) is 50.6 Å². The second-order valence-corrected chi connectivity index (χ2v) is 7.45. The number of halogens is 1. The van der Waals surface area contributed by atoms with Crippen LogP contribution < -0.4 is 10.7 Å². The number of hydrazone groups is 1. The fourth-order valence-corrected chi connectivity index (χ4v) is 3.71. The van der Waals surface area contributed by atoms with Crippen LogP contribution in [0.5, 0.6) is 0 Å². The second kappa shape index (κ2) is 9.03. The molecule has 0 saturated carbocycles. The Hall–Kier alpha value is -4.34. The number of hydrogen-bond acceptors (Lipinski definition) is 6. The van der Waals surface area contributed by atoms with Crippen LogP contribution >= 0.6 is 0 Å². The van der Waals surface area contributed by atoms with Gasteiger partial charge in [0.05, 0.1) is 16.2 Å². The molecule has 0 unspecified atom stereocenters. The molecule has 0 aliphatic heterocycles. The van der Waals surface area contributed by atoms with E-state index in [1.807, 2.05) is 0 Å². The van der Waals surface area contributed by atoms with Crippen molar-refractivity contribution >= 4 is 28.9 Å². The number of nitro benzene ring substituents is 1. The number of aryl methyl sites for hydroxylation is 1. The third kappa shape index (κ3) is 4.49. The first-order valence-corrected chi connectivity index (χ1v) is 10.1. The van der Waals surface area contributed by atoms with E-state index in [9.17, 15) is 24.1 Å². The molecule has 0 atom stereocenters. The van der Waals surface area contributed by atoms with Gasteiger partial charge in [0.1, 0.15) is 11.6 Å². The molecule has 2 amide bonds.